The summed E-state index contributed by atoms with van der Waals surface area (Å²) in [6.45, 7) is 0. The molecule has 0 radical (unpaired) electrons. The van der Waals surface area contributed by atoms with Crippen molar-refractivity contribution >= 4 is 32.3 Å². The minimum atomic E-state index is 1.21. The average Bonchev–Trinajstić information content (AvgIpc) is 3.17. The normalized spacial score (nSPS) is 11.3. The molecule has 0 aliphatic carbocycles. The molecule has 0 fully saturated rings. The van der Waals surface area contributed by atoms with Crippen LogP contribution in [0, 0.1) is 0 Å². The lowest BCUT2D eigenvalue weighted by molar-refractivity contribution is 1.62. The van der Waals surface area contributed by atoms with Gasteiger partial charge in [0.1, 0.15) is 0 Å². The van der Waals surface area contributed by atoms with Crippen LogP contribution in [0.2, 0.25) is 0 Å². The molecule has 0 heteroatoms. The summed E-state index contributed by atoms with van der Waals surface area (Å²) >= 11 is 0. The maximum atomic E-state index is 2.42. The third kappa shape index (κ3) is 4.78. The van der Waals surface area contributed by atoms with Crippen molar-refractivity contribution in [1.29, 1.82) is 0 Å². The Morgan fingerprint density at radius 1 is 0.188 bits per heavy atom. The quantitative estimate of drug-likeness (QED) is 0.171. The molecule has 0 aliphatic heterocycles. The average molecular weight is 609 g/mol. The Balaban J connectivity index is 1.46. The molecule has 0 atom stereocenters. The van der Waals surface area contributed by atoms with E-state index in [1.54, 1.807) is 0 Å². The van der Waals surface area contributed by atoms with E-state index in [2.05, 4.69) is 194 Å². The molecule has 0 heterocycles. The fourth-order valence-electron chi connectivity index (χ4n) is 7.45. The number of rotatable bonds is 5. The molecule has 0 spiro atoms. The Bertz CT molecular complexity index is 2460. The van der Waals surface area contributed by atoms with Gasteiger partial charge in [0.25, 0.3) is 0 Å². The lowest BCUT2D eigenvalue weighted by Crippen LogP contribution is -1.93. The van der Waals surface area contributed by atoms with E-state index in [0.717, 1.165) is 0 Å². The fraction of sp³-hybridized carbons (Fsp3) is 0. The van der Waals surface area contributed by atoms with Gasteiger partial charge in [0.15, 0.2) is 0 Å². The minimum Gasteiger partial charge on any atom is -0.0622 e. The number of fused-ring (bicyclic) bond motifs is 3. The summed E-state index contributed by atoms with van der Waals surface area (Å²) in [7, 11) is 0. The van der Waals surface area contributed by atoms with Crippen molar-refractivity contribution in [3.8, 4) is 55.6 Å². The van der Waals surface area contributed by atoms with Crippen LogP contribution in [0.25, 0.3) is 88.0 Å². The molecule has 0 bridgehead atoms. The van der Waals surface area contributed by atoms with Crippen LogP contribution in [0.3, 0.4) is 0 Å². The first-order valence-electron chi connectivity index (χ1n) is 16.6. The van der Waals surface area contributed by atoms with Gasteiger partial charge in [0.2, 0.25) is 0 Å². The van der Waals surface area contributed by atoms with Gasteiger partial charge in [-0.1, -0.05) is 182 Å². The molecule has 0 saturated heterocycles. The van der Waals surface area contributed by atoms with Crippen LogP contribution in [-0.2, 0) is 0 Å². The number of hydrogen-bond donors (Lipinski definition) is 0. The van der Waals surface area contributed by atoms with Gasteiger partial charge in [-0.25, -0.2) is 0 Å². The van der Waals surface area contributed by atoms with Crippen molar-refractivity contribution in [2.45, 2.75) is 0 Å². The van der Waals surface area contributed by atoms with E-state index in [9.17, 15) is 0 Å². The molecule has 0 unspecified atom stereocenters. The SMILES string of the molecule is c1ccc(-c2ccc3c(-c4ccccc4)c4ccc(-c5ccccc5)cc4c(-c4cccc5c(-c6ccccc6)cccc45)c3c2)cc1. The molecule has 9 rings (SSSR count). The standard InChI is InChI=1S/C48H32/c1-5-15-33(16-6-1)37-27-29-43-45(31-37)48(42-26-14-24-40-39(23-13-25-41(40)42)35-19-9-3-10-20-35)46-32-38(34-17-7-2-8-18-34)28-30-44(46)47(43)36-21-11-4-12-22-36/h1-32H. The molecule has 0 amide bonds. The smallest absolute Gasteiger partial charge is 0.00197 e. The van der Waals surface area contributed by atoms with Gasteiger partial charge in [-0.3, -0.25) is 0 Å². The molecule has 224 valence electrons. The Morgan fingerprint density at radius 3 is 1.10 bits per heavy atom. The first kappa shape index (κ1) is 28.0. The van der Waals surface area contributed by atoms with Crippen molar-refractivity contribution in [3.05, 3.63) is 194 Å². The summed E-state index contributed by atoms with van der Waals surface area (Å²) in [6, 6.07) is 70.8. The van der Waals surface area contributed by atoms with Gasteiger partial charge in [0, 0.05) is 0 Å². The highest BCUT2D eigenvalue weighted by Gasteiger charge is 2.20. The second-order valence-electron chi connectivity index (χ2n) is 12.4. The molecule has 0 aliphatic rings. The molecular formula is C48H32. The van der Waals surface area contributed by atoms with Crippen LogP contribution in [0.4, 0.5) is 0 Å². The Hall–Kier alpha value is -6.24. The molecular weight excluding hydrogens is 577 g/mol. The minimum absolute atomic E-state index is 1.21. The van der Waals surface area contributed by atoms with Crippen LogP contribution >= 0.6 is 0 Å². The summed E-state index contributed by atoms with van der Waals surface area (Å²) in [5.41, 5.74) is 12.4. The summed E-state index contributed by atoms with van der Waals surface area (Å²) in [6.07, 6.45) is 0. The van der Waals surface area contributed by atoms with Gasteiger partial charge in [-0.2, -0.15) is 0 Å². The molecule has 9 aromatic rings. The third-order valence-corrected chi connectivity index (χ3v) is 9.67. The molecule has 0 nitrogen and oxygen atoms in total. The van der Waals surface area contributed by atoms with E-state index < -0.39 is 0 Å². The van der Waals surface area contributed by atoms with E-state index in [-0.39, 0.29) is 0 Å². The predicted octanol–water partition coefficient (Wildman–Crippen LogP) is 13.5. The lowest BCUT2D eigenvalue weighted by Gasteiger charge is -2.21. The summed E-state index contributed by atoms with van der Waals surface area (Å²) in [4.78, 5) is 0. The highest BCUT2D eigenvalue weighted by Crippen LogP contribution is 2.47. The Labute approximate surface area is 281 Å². The van der Waals surface area contributed by atoms with Crippen molar-refractivity contribution in [2.24, 2.45) is 0 Å². The fourth-order valence-corrected chi connectivity index (χ4v) is 7.45. The van der Waals surface area contributed by atoms with Crippen molar-refractivity contribution in [3.63, 3.8) is 0 Å². The monoisotopic (exact) mass is 608 g/mol. The molecule has 0 N–H and O–H groups in total. The van der Waals surface area contributed by atoms with Gasteiger partial charge >= 0.3 is 0 Å². The molecule has 9 aromatic carbocycles. The Morgan fingerprint density at radius 2 is 0.604 bits per heavy atom. The second kappa shape index (κ2) is 11.8. The highest BCUT2D eigenvalue weighted by molar-refractivity contribution is 6.25. The van der Waals surface area contributed by atoms with Gasteiger partial charge < -0.3 is 0 Å². The lowest BCUT2D eigenvalue weighted by atomic mass is 9.82. The van der Waals surface area contributed by atoms with Crippen molar-refractivity contribution < 1.29 is 0 Å². The molecule has 0 saturated carbocycles. The van der Waals surface area contributed by atoms with Crippen LogP contribution in [0.15, 0.2) is 194 Å². The van der Waals surface area contributed by atoms with Crippen molar-refractivity contribution in [2.75, 3.05) is 0 Å². The topological polar surface area (TPSA) is 0 Å². The Kier molecular flexibility index (Phi) is 6.91. The van der Waals surface area contributed by atoms with E-state index in [1.165, 1.54) is 88.0 Å². The summed E-state index contributed by atoms with van der Waals surface area (Å²) in [5, 5.41) is 7.53. The van der Waals surface area contributed by atoms with Crippen molar-refractivity contribution in [1.82, 2.24) is 0 Å². The van der Waals surface area contributed by atoms with Crippen LogP contribution in [0.5, 0.6) is 0 Å². The zero-order valence-corrected chi connectivity index (χ0v) is 26.5. The number of hydrogen-bond acceptors (Lipinski definition) is 0. The summed E-state index contributed by atoms with van der Waals surface area (Å²) in [5.74, 6) is 0. The van der Waals surface area contributed by atoms with E-state index in [1.807, 2.05) is 0 Å². The zero-order chi connectivity index (χ0) is 31.9. The second-order valence-corrected chi connectivity index (χ2v) is 12.4. The molecule has 48 heavy (non-hydrogen) atoms. The van der Waals surface area contributed by atoms with Gasteiger partial charge in [0.05, 0.1) is 0 Å². The first-order valence-corrected chi connectivity index (χ1v) is 16.6. The first-order chi connectivity index (χ1) is 23.8. The van der Waals surface area contributed by atoms with Gasteiger partial charge in [-0.05, 0) is 100 Å². The third-order valence-electron chi connectivity index (χ3n) is 9.67. The largest absolute Gasteiger partial charge is 0.0622 e. The van der Waals surface area contributed by atoms with E-state index in [4.69, 9.17) is 0 Å². The highest BCUT2D eigenvalue weighted by atomic mass is 14.2. The van der Waals surface area contributed by atoms with Crippen LogP contribution in [-0.4, -0.2) is 0 Å². The van der Waals surface area contributed by atoms with E-state index in [0.29, 0.717) is 0 Å². The van der Waals surface area contributed by atoms with Crippen LogP contribution < -0.4 is 0 Å². The summed E-state index contributed by atoms with van der Waals surface area (Å²) < 4.78 is 0. The maximum absolute atomic E-state index is 2.42. The van der Waals surface area contributed by atoms with E-state index >= 15 is 0 Å². The maximum Gasteiger partial charge on any atom is -0.00197 e. The number of benzene rings is 9. The van der Waals surface area contributed by atoms with Crippen LogP contribution in [0.1, 0.15) is 0 Å². The van der Waals surface area contributed by atoms with Gasteiger partial charge in [-0.15, -0.1) is 0 Å². The predicted molar refractivity (Wildman–Crippen MR) is 206 cm³/mol. The zero-order valence-electron chi connectivity index (χ0n) is 26.5. The molecule has 0 aromatic heterocycles.